The van der Waals surface area contributed by atoms with Crippen molar-refractivity contribution in [3.05, 3.63) is 54.6 Å². The van der Waals surface area contributed by atoms with Gasteiger partial charge in [-0.25, -0.2) is 13.9 Å². The quantitative estimate of drug-likeness (QED) is 0.736. The molecule has 0 N–H and O–H groups in total. The minimum Gasteiger partial charge on any atom is -0.367 e. The fraction of sp³-hybridized carbons (Fsp3) is 0.263. The van der Waals surface area contributed by atoms with Gasteiger partial charge in [-0.15, -0.1) is 0 Å². The number of likely N-dealkylation sites (N-methyl/N-ethyl adjacent to an activating group) is 1. The summed E-state index contributed by atoms with van der Waals surface area (Å²) in [5.74, 6) is -0.211. The largest absolute Gasteiger partial charge is 0.367 e. The zero-order valence-electron chi connectivity index (χ0n) is 14.2. The van der Waals surface area contributed by atoms with Gasteiger partial charge >= 0.3 is 0 Å². The third kappa shape index (κ3) is 2.89. The average molecular weight is 337 g/mol. The third-order valence-corrected chi connectivity index (χ3v) is 4.68. The number of hydrogen-bond donors (Lipinski definition) is 0. The van der Waals surface area contributed by atoms with Gasteiger partial charge < -0.3 is 9.80 Å². The molecule has 0 bridgehead atoms. The van der Waals surface area contributed by atoms with E-state index in [-0.39, 0.29) is 5.82 Å². The molecule has 1 aromatic carbocycles. The Morgan fingerprint density at radius 1 is 1.12 bits per heavy atom. The van der Waals surface area contributed by atoms with E-state index in [1.54, 1.807) is 22.9 Å². The van der Waals surface area contributed by atoms with Crippen molar-refractivity contribution in [2.24, 2.45) is 0 Å². The van der Waals surface area contributed by atoms with Crippen LogP contribution in [0.1, 0.15) is 5.69 Å². The van der Waals surface area contributed by atoms with Gasteiger partial charge in [-0.05, 0) is 37.4 Å². The fourth-order valence-corrected chi connectivity index (χ4v) is 3.16. The summed E-state index contributed by atoms with van der Waals surface area (Å²) < 4.78 is 16.5. The first-order valence-corrected chi connectivity index (χ1v) is 8.36. The van der Waals surface area contributed by atoms with E-state index in [1.807, 2.05) is 24.3 Å². The molecule has 1 aliphatic heterocycles. The lowest BCUT2D eigenvalue weighted by atomic mass is 10.1. The molecule has 1 aliphatic rings. The highest BCUT2D eigenvalue weighted by molar-refractivity contribution is 5.66. The van der Waals surface area contributed by atoms with E-state index in [1.165, 1.54) is 0 Å². The molecular formula is C19H20FN5. The maximum Gasteiger partial charge on any atom is 0.154 e. The number of imidazole rings is 1. The van der Waals surface area contributed by atoms with Gasteiger partial charge in [0.15, 0.2) is 5.65 Å². The molecule has 0 atom stereocenters. The van der Waals surface area contributed by atoms with Crippen molar-refractivity contribution in [2.75, 3.05) is 38.1 Å². The van der Waals surface area contributed by atoms with Crippen LogP contribution in [0.2, 0.25) is 0 Å². The Labute approximate surface area is 146 Å². The average Bonchev–Trinajstić information content (AvgIpc) is 3.05. The first kappa shape index (κ1) is 15.8. The van der Waals surface area contributed by atoms with Crippen LogP contribution in [0.15, 0.2) is 43.1 Å². The topological polar surface area (TPSA) is 36.7 Å². The number of benzene rings is 1. The lowest BCUT2D eigenvalue weighted by Crippen LogP contribution is -2.44. The highest BCUT2D eigenvalue weighted by Crippen LogP contribution is 2.27. The van der Waals surface area contributed by atoms with Gasteiger partial charge in [0.1, 0.15) is 5.82 Å². The molecule has 5 nitrogen and oxygen atoms in total. The predicted octanol–water partition coefficient (Wildman–Crippen LogP) is 2.93. The molecule has 3 heterocycles. The number of anilines is 1. The molecule has 2 aromatic heterocycles. The van der Waals surface area contributed by atoms with Crippen LogP contribution in [0.5, 0.6) is 0 Å². The van der Waals surface area contributed by atoms with Crippen molar-refractivity contribution in [1.82, 2.24) is 19.5 Å². The van der Waals surface area contributed by atoms with E-state index < -0.39 is 0 Å². The van der Waals surface area contributed by atoms with Crippen LogP contribution >= 0.6 is 0 Å². The van der Waals surface area contributed by atoms with Gasteiger partial charge in [0.25, 0.3) is 0 Å². The summed E-state index contributed by atoms with van der Waals surface area (Å²) in [5.41, 5.74) is 3.66. The summed E-state index contributed by atoms with van der Waals surface area (Å²) in [6, 6.07) is 9.09. The van der Waals surface area contributed by atoms with Gasteiger partial charge in [0.05, 0.1) is 23.3 Å². The molecule has 0 spiro atoms. The number of nitrogens with zero attached hydrogens (tertiary/aromatic N) is 5. The fourth-order valence-electron chi connectivity index (χ4n) is 3.16. The van der Waals surface area contributed by atoms with E-state index in [9.17, 15) is 4.39 Å². The summed E-state index contributed by atoms with van der Waals surface area (Å²) in [4.78, 5) is 8.70. The van der Waals surface area contributed by atoms with Crippen molar-refractivity contribution in [3.8, 4) is 11.3 Å². The minimum absolute atomic E-state index is 0.211. The second-order valence-corrected chi connectivity index (χ2v) is 6.33. The van der Waals surface area contributed by atoms with Crippen molar-refractivity contribution in [3.63, 3.8) is 0 Å². The van der Waals surface area contributed by atoms with Crippen LogP contribution in [-0.4, -0.2) is 52.7 Å². The molecule has 25 heavy (non-hydrogen) atoms. The predicted molar refractivity (Wildman–Crippen MR) is 98.2 cm³/mol. The van der Waals surface area contributed by atoms with Gasteiger partial charge in [-0.2, -0.15) is 5.10 Å². The van der Waals surface area contributed by atoms with Gasteiger partial charge in [-0.1, -0.05) is 12.6 Å². The standard InChI is InChI=1S/C19H20FN5/c1-3-15-5-7-19-21-13-18(25(19)22-15)14-4-6-17(16(20)12-14)24-10-8-23(2)9-11-24/h3-7,12-13H,1,8-11H2,2H3. The Balaban J connectivity index is 1.70. The van der Waals surface area contributed by atoms with E-state index in [0.29, 0.717) is 5.69 Å². The molecule has 1 fully saturated rings. The lowest BCUT2D eigenvalue weighted by Gasteiger charge is -2.34. The summed E-state index contributed by atoms with van der Waals surface area (Å²) in [6.07, 6.45) is 3.40. The first-order valence-electron chi connectivity index (χ1n) is 8.36. The SMILES string of the molecule is C=Cc1ccc2ncc(-c3ccc(N4CCN(C)CC4)c(F)c3)n2n1. The van der Waals surface area contributed by atoms with Crippen molar-refractivity contribution < 1.29 is 4.39 Å². The Morgan fingerprint density at radius 2 is 1.92 bits per heavy atom. The third-order valence-electron chi connectivity index (χ3n) is 4.68. The van der Waals surface area contributed by atoms with Gasteiger partial charge in [0.2, 0.25) is 0 Å². The Kier molecular flexibility index (Phi) is 3.97. The maximum absolute atomic E-state index is 14.7. The maximum atomic E-state index is 14.7. The normalized spacial score (nSPS) is 15.7. The molecule has 0 amide bonds. The van der Waals surface area contributed by atoms with E-state index in [2.05, 4.69) is 33.5 Å². The molecule has 128 valence electrons. The summed E-state index contributed by atoms with van der Waals surface area (Å²) >= 11 is 0. The second kappa shape index (κ2) is 6.29. The molecule has 3 aromatic rings. The summed E-state index contributed by atoms with van der Waals surface area (Å²) in [6.45, 7) is 7.32. The highest BCUT2D eigenvalue weighted by atomic mass is 19.1. The number of piperazine rings is 1. The second-order valence-electron chi connectivity index (χ2n) is 6.33. The van der Waals surface area contributed by atoms with Gasteiger partial charge in [0, 0.05) is 31.7 Å². The van der Waals surface area contributed by atoms with Crippen LogP contribution in [0.3, 0.4) is 0 Å². The smallest absolute Gasteiger partial charge is 0.154 e. The molecule has 0 saturated carbocycles. The molecule has 1 saturated heterocycles. The summed E-state index contributed by atoms with van der Waals surface area (Å²) in [5, 5.41) is 4.48. The van der Waals surface area contributed by atoms with E-state index in [0.717, 1.165) is 48.8 Å². The van der Waals surface area contributed by atoms with Gasteiger partial charge in [-0.3, -0.25) is 0 Å². The zero-order chi connectivity index (χ0) is 17.4. The molecule has 6 heteroatoms. The Bertz CT molecular complexity index is 925. The molecular weight excluding hydrogens is 317 g/mol. The summed E-state index contributed by atoms with van der Waals surface area (Å²) in [7, 11) is 2.09. The van der Waals surface area contributed by atoms with E-state index >= 15 is 0 Å². The first-order chi connectivity index (χ1) is 12.2. The highest BCUT2D eigenvalue weighted by Gasteiger charge is 2.18. The minimum atomic E-state index is -0.211. The zero-order valence-corrected chi connectivity index (χ0v) is 14.2. The van der Waals surface area contributed by atoms with Crippen molar-refractivity contribution in [2.45, 2.75) is 0 Å². The Hall–Kier alpha value is -2.73. The number of halogens is 1. The number of hydrogen-bond acceptors (Lipinski definition) is 4. The van der Waals surface area contributed by atoms with E-state index in [4.69, 9.17) is 0 Å². The molecule has 0 aliphatic carbocycles. The van der Waals surface area contributed by atoms with Crippen LogP contribution in [-0.2, 0) is 0 Å². The molecule has 0 radical (unpaired) electrons. The van der Waals surface area contributed by atoms with Crippen LogP contribution < -0.4 is 4.90 Å². The molecule has 4 rings (SSSR count). The number of rotatable bonds is 3. The Morgan fingerprint density at radius 3 is 2.64 bits per heavy atom. The van der Waals surface area contributed by atoms with Crippen molar-refractivity contribution >= 4 is 17.4 Å². The van der Waals surface area contributed by atoms with Crippen LogP contribution in [0.4, 0.5) is 10.1 Å². The monoisotopic (exact) mass is 337 g/mol. The van der Waals surface area contributed by atoms with Crippen molar-refractivity contribution in [1.29, 1.82) is 0 Å². The number of aromatic nitrogens is 3. The van der Waals surface area contributed by atoms with Crippen LogP contribution in [0, 0.1) is 5.82 Å². The van der Waals surface area contributed by atoms with Crippen LogP contribution in [0.25, 0.3) is 23.0 Å². The lowest BCUT2D eigenvalue weighted by molar-refractivity contribution is 0.311. The number of fused-ring (bicyclic) bond motifs is 1. The molecule has 0 unspecified atom stereocenters.